The third-order valence-electron chi connectivity index (χ3n) is 7.31. The first kappa shape index (κ1) is 37.6. The summed E-state index contributed by atoms with van der Waals surface area (Å²) in [5.74, 6) is -0.597. The zero-order valence-electron chi connectivity index (χ0n) is 25.9. The van der Waals surface area contributed by atoms with Crippen LogP contribution in [0.3, 0.4) is 0 Å². The molecule has 39 heavy (non-hydrogen) atoms. The van der Waals surface area contributed by atoms with E-state index < -0.39 is 6.10 Å². The van der Waals surface area contributed by atoms with Crippen LogP contribution in [-0.4, -0.2) is 36.4 Å². The molecule has 230 valence electrons. The number of aliphatic hydroxyl groups is 1. The molecule has 0 aliphatic heterocycles. The lowest BCUT2D eigenvalue weighted by Crippen LogP contribution is -2.28. The molecule has 0 amide bonds. The van der Waals surface area contributed by atoms with Gasteiger partial charge in [-0.25, -0.2) is 0 Å². The van der Waals surface area contributed by atoms with Gasteiger partial charge in [0.2, 0.25) is 0 Å². The Balaban J connectivity index is 3.57. The number of carbonyl (C=O) groups is 2. The molecule has 0 radical (unpaired) electrons. The van der Waals surface area contributed by atoms with Gasteiger partial charge in [0.25, 0.3) is 0 Å². The van der Waals surface area contributed by atoms with Gasteiger partial charge in [-0.05, 0) is 38.5 Å². The quantitative estimate of drug-likeness (QED) is 0.0545. The highest BCUT2D eigenvalue weighted by molar-refractivity contribution is 5.70. The maximum atomic E-state index is 12.1. The van der Waals surface area contributed by atoms with E-state index in [9.17, 15) is 14.7 Å². The fourth-order valence-electron chi connectivity index (χ4n) is 4.72. The maximum absolute atomic E-state index is 12.1. The first-order chi connectivity index (χ1) is 19.1. The number of allylic oxidation sites excluding steroid dienone is 2. The average molecular weight is 553 g/mol. The third-order valence-corrected chi connectivity index (χ3v) is 7.31. The molecule has 0 saturated heterocycles. The molecule has 0 bridgehead atoms. The highest BCUT2D eigenvalue weighted by atomic mass is 16.6. The van der Waals surface area contributed by atoms with Crippen LogP contribution >= 0.6 is 0 Å². The minimum absolute atomic E-state index is 0.0640. The molecule has 0 aromatic rings. The number of ether oxygens (including phenoxy) is 2. The molecule has 0 aromatic carbocycles. The molecular weight excluding hydrogens is 488 g/mol. The largest absolute Gasteiger partial charge is 0.462 e. The number of hydrogen-bond donors (Lipinski definition) is 1. The average Bonchev–Trinajstić information content (AvgIpc) is 2.94. The predicted octanol–water partition coefficient (Wildman–Crippen LogP) is 9.78. The smallest absolute Gasteiger partial charge is 0.306 e. The van der Waals surface area contributed by atoms with Crippen molar-refractivity contribution in [1.29, 1.82) is 0 Å². The summed E-state index contributed by atoms with van der Waals surface area (Å²) in [4.78, 5) is 24.1. The molecule has 0 aromatic heterocycles. The van der Waals surface area contributed by atoms with Crippen LogP contribution in [0.5, 0.6) is 0 Å². The molecule has 0 heterocycles. The monoisotopic (exact) mass is 552 g/mol. The highest BCUT2D eigenvalue weighted by Gasteiger charge is 2.16. The van der Waals surface area contributed by atoms with Gasteiger partial charge < -0.3 is 14.6 Å². The van der Waals surface area contributed by atoms with Gasteiger partial charge in [0.1, 0.15) is 6.61 Å². The minimum atomic E-state index is -0.766. The van der Waals surface area contributed by atoms with Crippen LogP contribution in [0.25, 0.3) is 0 Å². The molecule has 1 N–H and O–H groups in total. The normalized spacial score (nSPS) is 12.2. The van der Waals surface area contributed by atoms with Crippen molar-refractivity contribution in [2.24, 2.45) is 0 Å². The van der Waals surface area contributed by atoms with Crippen LogP contribution in [0.4, 0.5) is 0 Å². The van der Waals surface area contributed by atoms with E-state index in [1.165, 1.54) is 103 Å². The lowest BCUT2D eigenvalue weighted by atomic mass is 10.0. The zero-order valence-corrected chi connectivity index (χ0v) is 25.9. The molecule has 0 rings (SSSR count). The summed E-state index contributed by atoms with van der Waals surface area (Å²) in [6.07, 6.45) is 32.6. The van der Waals surface area contributed by atoms with Gasteiger partial charge in [-0.3, -0.25) is 9.59 Å². The lowest BCUT2D eigenvalue weighted by molar-refractivity contribution is -0.161. The van der Waals surface area contributed by atoms with Crippen molar-refractivity contribution in [3.8, 4) is 0 Å². The Kier molecular flexibility index (Phi) is 30.1. The van der Waals surface area contributed by atoms with Crippen molar-refractivity contribution < 1.29 is 24.2 Å². The van der Waals surface area contributed by atoms with Crippen molar-refractivity contribution in [2.75, 3.05) is 13.2 Å². The maximum Gasteiger partial charge on any atom is 0.306 e. The number of rotatable bonds is 30. The number of carbonyl (C=O) groups excluding carboxylic acids is 2. The standard InChI is InChI=1S/C34H64O5/c1-3-5-7-9-11-13-15-17-19-20-22-24-26-28-33(36)38-31-32(30-35)39-34(37)29-27-25-23-21-18-16-14-12-10-8-6-4-2/h12,14,32,35H,3-11,13,15-31H2,1-2H3/b14-12-. The first-order valence-electron chi connectivity index (χ1n) is 16.7. The molecule has 0 aliphatic carbocycles. The molecule has 0 saturated carbocycles. The Labute approximate surface area is 241 Å². The van der Waals surface area contributed by atoms with Crippen LogP contribution in [0.1, 0.15) is 174 Å². The van der Waals surface area contributed by atoms with Crippen molar-refractivity contribution in [1.82, 2.24) is 0 Å². The van der Waals surface area contributed by atoms with Gasteiger partial charge in [-0.15, -0.1) is 0 Å². The Morgan fingerprint density at radius 3 is 1.44 bits per heavy atom. The molecule has 5 nitrogen and oxygen atoms in total. The van der Waals surface area contributed by atoms with E-state index in [1.54, 1.807) is 0 Å². The number of esters is 2. The van der Waals surface area contributed by atoms with Gasteiger partial charge >= 0.3 is 11.9 Å². The van der Waals surface area contributed by atoms with Crippen LogP contribution in [0.2, 0.25) is 0 Å². The van der Waals surface area contributed by atoms with Crippen molar-refractivity contribution in [3.63, 3.8) is 0 Å². The van der Waals surface area contributed by atoms with E-state index in [-0.39, 0.29) is 25.2 Å². The Morgan fingerprint density at radius 2 is 0.949 bits per heavy atom. The Bertz CT molecular complexity index is 560. The van der Waals surface area contributed by atoms with Crippen molar-refractivity contribution >= 4 is 11.9 Å². The fraction of sp³-hybridized carbons (Fsp3) is 0.882. The Morgan fingerprint density at radius 1 is 0.564 bits per heavy atom. The molecule has 0 fully saturated rings. The van der Waals surface area contributed by atoms with Crippen LogP contribution in [0, 0.1) is 0 Å². The van der Waals surface area contributed by atoms with E-state index in [1.807, 2.05) is 0 Å². The first-order valence-corrected chi connectivity index (χ1v) is 16.7. The van der Waals surface area contributed by atoms with E-state index in [0.717, 1.165) is 44.9 Å². The summed E-state index contributed by atoms with van der Waals surface area (Å²) < 4.78 is 10.5. The molecule has 5 heteroatoms. The van der Waals surface area contributed by atoms with Gasteiger partial charge in [0, 0.05) is 12.8 Å². The van der Waals surface area contributed by atoms with E-state index in [2.05, 4.69) is 26.0 Å². The van der Waals surface area contributed by atoms with Crippen LogP contribution in [0.15, 0.2) is 12.2 Å². The summed E-state index contributed by atoms with van der Waals surface area (Å²) >= 11 is 0. The number of hydrogen-bond acceptors (Lipinski definition) is 5. The summed E-state index contributed by atoms with van der Waals surface area (Å²) in [6, 6.07) is 0. The van der Waals surface area contributed by atoms with E-state index >= 15 is 0 Å². The SMILES string of the molecule is CCCCC/C=C\CCCCCCCC(=O)OC(CO)COC(=O)CCCCCCCCCCCCCCC. The molecule has 0 aliphatic rings. The van der Waals surface area contributed by atoms with E-state index in [4.69, 9.17) is 9.47 Å². The van der Waals surface area contributed by atoms with Crippen molar-refractivity contribution in [2.45, 2.75) is 180 Å². The lowest BCUT2D eigenvalue weighted by Gasteiger charge is -2.15. The van der Waals surface area contributed by atoms with Crippen LogP contribution < -0.4 is 0 Å². The second-order valence-electron chi connectivity index (χ2n) is 11.2. The van der Waals surface area contributed by atoms with Gasteiger partial charge in [-0.2, -0.15) is 0 Å². The predicted molar refractivity (Wildman–Crippen MR) is 164 cm³/mol. The molecular formula is C34H64O5. The fourth-order valence-corrected chi connectivity index (χ4v) is 4.72. The van der Waals surface area contributed by atoms with Gasteiger partial charge in [0.05, 0.1) is 6.61 Å². The third kappa shape index (κ3) is 29.4. The summed E-state index contributed by atoms with van der Waals surface area (Å²) in [5.41, 5.74) is 0. The van der Waals surface area contributed by atoms with Gasteiger partial charge in [-0.1, -0.05) is 135 Å². The number of aliphatic hydroxyl groups excluding tert-OH is 1. The minimum Gasteiger partial charge on any atom is -0.462 e. The second-order valence-corrected chi connectivity index (χ2v) is 11.2. The van der Waals surface area contributed by atoms with Gasteiger partial charge in [0.15, 0.2) is 6.10 Å². The Hall–Kier alpha value is -1.36. The molecule has 0 spiro atoms. The molecule has 1 atom stereocenters. The van der Waals surface area contributed by atoms with E-state index in [0.29, 0.717) is 12.8 Å². The topological polar surface area (TPSA) is 72.8 Å². The summed E-state index contributed by atoms with van der Waals surface area (Å²) in [6.45, 7) is 4.09. The zero-order chi connectivity index (χ0) is 28.7. The summed E-state index contributed by atoms with van der Waals surface area (Å²) in [7, 11) is 0. The number of unbranched alkanes of at least 4 members (excludes halogenated alkanes) is 20. The molecule has 1 unspecified atom stereocenters. The second kappa shape index (κ2) is 31.2. The van der Waals surface area contributed by atoms with Crippen LogP contribution in [-0.2, 0) is 19.1 Å². The highest BCUT2D eigenvalue weighted by Crippen LogP contribution is 2.14. The van der Waals surface area contributed by atoms with Crippen molar-refractivity contribution in [3.05, 3.63) is 12.2 Å². The summed E-state index contributed by atoms with van der Waals surface area (Å²) in [5, 5.41) is 9.49.